The van der Waals surface area contributed by atoms with Crippen LogP contribution in [0.2, 0.25) is 0 Å². The van der Waals surface area contributed by atoms with Gasteiger partial charge in [0.2, 0.25) is 0 Å². The highest BCUT2D eigenvalue weighted by atomic mass is 79.9. The number of pyridine rings is 1. The third-order valence-electron chi connectivity index (χ3n) is 0.793. The molecule has 0 saturated carbocycles. The van der Waals surface area contributed by atoms with Gasteiger partial charge in [-0.2, -0.15) is 0 Å². The molecule has 0 bridgehead atoms. The Kier molecular flexibility index (Phi) is 0.503. The minimum absolute atomic E-state index is 0.662. The van der Waals surface area contributed by atoms with Crippen LogP contribution < -0.4 is 0 Å². The molecule has 0 aliphatic heterocycles. The maximum atomic E-state index is 7.67. The number of hydrogen-bond acceptors (Lipinski definition) is 1. The van der Waals surface area contributed by atoms with Gasteiger partial charge in [0.15, 0.2) is 0 Å². The fourth-order valence-corrected chi connectivity index (χ4v) is 0.581. The quantitative estimate of drug-likeness (QED) is 0.649. The summed E-state index contributed by atoms with van der Waals surface area (Å²) in [6.45, 7) is -6.19. The van der Waals surface area contributed by atoms with Crippen molar-refractivity contribution in [3.8, 4) is 0 Å². The van der Waals surface area contributed by atoms with Gasteiger partial charge in [-0.1, -0.05) is 22.0 Å². The summed E-state index contributed by atoms with van der Waals surface area (Å²) in [4.78, 5) is 3.44. The van der Waals surface area contributed by atoms with Crippen LogP contribution in [0.15, 0.2) is 24.3 Å². The Balaban J connectivity index is 3.79. The number of rotatable bonds is 1. The van der Waals surface area contributed by atoms with Gasteiger partial charge < -0.3 is 0 Å². The zero-order valence-corrected chi connectivity index (χ0v) is 6.41. The lowest BCUT2D eigenvalue weighted by Gasteiger charge is -2.13. The lowest BCUT2D eigenvalue weighted by Crippen LogP contribution is -2.08. The van der Waals surface area contributed by atoms with Crippen molar-refractivity contribution in [2.75, 3.05) is 0 Å². The standard InChI is InChI=1S/C8H10BrN/c1-8(2,9)7-5-3-4-6-10-7/h3-6H,1-2H3/i1D3,2D3,3D,4D,5D,6D. The normalized spacial score (nSPS) is 28.5. The Morgan fingerprint density at radius 1 is 1.70 bits per heavy atom. The minimum Gasteiger partial charge on any atom is -0.260 e. The van der Waals surface area contributed by atoms with Crippen LogP contribution in [-0.2, 0) is 4.32 Å². The molecule has 54 valence electrons. The highest BCUT2D eigenvalue weighted by Crippen LogP contribution is 2.27. The zero-order chi connectivity index (χ0) is 16.1. The van der Waals surface area contributed by atoms with Gasteiger partial charge in [0.1, 0.15) is 0 Å². The summed E-state index contributed by atoms with van der Waals surface area (Å²) in [5.41, 5.74) is -0.761. The summed E-state index contributed by atoms with van der Waals surface area (Å²) in [6, 6.07) is -2.20. The van der Waals surface area contributed by atoms with Crippen molar-refractivity contribution in [2.45, 2.75) is 18.0 Å². The first-order valence-electron chi connectivity index (χ1n) is 7.39. The van der Waals surface area contributed by atoms with E-state index in [4.69, 9.17) is 13.7 Å². The van der Waals surface area contributed by atoms with Crippen LogP contribution in [0.1, 0.15) is 33.1 Å². The summed E-state index contributed by atoms with van der Waals surface area (Å²) in [5, 5.41) is 0. The molecule has 1 nitrogen and oxygen atoms in total. The van der Waals surface area contributed by atoms with Crippen molar-refractivity contribution in [1.29, 1.82) is 0 Å². The molecule has 0 aliphatic carbocycles. The first-order chi connectivity index (χ1) is 8.75. The van der Waals surface area contributed by atoms with Gasteiger partial charge in [0, 0.05) is 14.4 Å². The summed E-state index contributed by atoms with van der Waals surface area (Å²) >= 11 is 2.64. The number of hydrogen-bond donors (Lipinski definition) is 0. The number of alkyl halides is 1. The van der Waals surface area contributed by atoms with Gasteiger partial charge in [-0.25, -0.2) is 0 Å². The van der Waals surface area contributed by atoms with Crippen LogP contribution in [0, 0.1) is 0 Å². The van der Waals surface area contributed by atoms with E-state index in [0.29, 0.717) is 0 Å². The van der Waals surface area contributed by atoms with E-state index >= 15 is 0 Å². The van der Waals surface area contributed by atoms with Crippen molar-refractivity contribution in [2.24, 2.45) is 0 Å². The number of aromatic nitrogens is 1. The fraction of sp³-hybridized carbons (Fsp3) is 0.375. The van der Waals surface area contributed by atoms with Crippen molar-refractivity contribution in [3.63, 3.8) is 0 Å². The molecule has 0 unspecified atom stereocenters. The topological polar surface area (TPSA) is 12.9 Å². The second kappa shape index (κ2) is 2.70. The maximum absolute atomic E-state index is 7.67. The molecule has 1 aromatic heterocycles. The maximum Gasteiger partial charge on any atom is 0.0840 e. The summed E-state index contributed by atoms with van der Waals surface area (Å²) in [5.74, 6) is 0. The van der Waals surface area contributed by atoms with E-state index in [-0.39, 0.29) is 0 Å². The lowest BCUT2D eigenvalue weighted by molar-refractivity contribution is 0.766. The highest BCUT2D eigenvalue weighted by Gasteiger charge is 2.15. The first kappa shape index (κ1) is 1.86. The number of halogens is 1. The molecule has 0 fully saturated rings. The van der Waals surface area contributed by atoms with Gasteiger partial charge in [0.05, 0.1) is 15.5 Å². The van der Waals surface area contributed by atoms with Crippen molar-refractivity contribution in [1.82, 2.24) is 4.98 Å². The summed E-state index contributed by atoms with van der Waals surface area (Å²) in [7, 11) is 0. The first-order valence-corrected chi connectivity index (χ1v) is 3.18. The molecular formula is C8H10BrN. The zero-order valence-electron chi connectivity index (χ0n) is 14.8. The van der Waals surface area contributed by atoms with Crippen LogP contribution in [-0.4, -0.2) is 4.98 Å². The molecule has 0 amide bonds. The minimum atomic E-state index is -3.09. The third-order valence-corrected chi connectivity index (χ3v) is 1.17. The Morgan fingerprint density at radius 2 is 2.50 bits per heavy atom. The number of nitrogens with zero attached hydrogens (tertiary/aromatic N) is 1. The Bertz CT molecular complexity index is 520. The summed E-state index contributed by atoms with van der Waals surface area (Å²) < 4.78 is 71.6. The molecule has 0 aromatic carbocycles. The second-order valence-electron chi connectivity index (χ2n) is 1.61. The molecule has 0 spiro atoms. The lowest BCUT2D eigenvalue weighted by atomic mass is 10.1. The van der Waals surface area contributed by atoms with E-state index < -0.39 is 48.0 Å². The fourth-order valence-electron chi connectivity index (χ4n) is 0.393. The van der Waals surface area contributed by atoms with Crippen LogP contribution in [0.25, 0.3) is 0 Å². The highest BCUT2D eigenvalue weighted by molar-refractivity contribution is 9.09. The largest absolute Gasteiger partial charge is 0.260 e. The van der Waals surface area contributed by atoms with E-state index in [0.717, 1.165) is 0 Å². The predicted molar refractivity (Wildman–Crippen MR) is 46.2 cm³/mol. The van der Waals surface area contributed by atoms with E-state index in [2.05, 4.69) is 20.9 Å². The molecule has 2 heteroatoms. The predicted octanol–water partition coefficient (Wildman–Crippen LogP) is 2.71. The Hall–Kier alpha value is -0.370. The summed E-state index contributed by atoms with van der Waals surface area (Å²) in [6.07, 6.45) is -0.752. The average molecular weight is 210 g/mol. The molecule has 0 atom stereocenters. The van der Waals surface area contributed by atoms with Gasteiger partial charge >= 0.3 is 0 Å². The van der Waals surface area contributed by atoms with E-state index in [1.165, 1.54) is 0 Å². The monoisotopic (exact) mass is 209 g/mol. The van der Waals surface area contributed by atoms with Crippen LogP contribution in [0.3, 0.4) is 0 Å². The Labute approximate surface area is 83.7 Å². The average Bonchev–Trinajstić information content (AvgIpc) is 2.27. The molecular weight excluding hydrogens is 190 g/mol. The van der Waals surface area contributed by atoms with Crippen LogP contribution in [0.5, 0.6) is 0 Å². The van der Waals surface area contributed by atoms with Crippen LogP contribution in [0.4, 0.5) is 0 Å². The SMILES string of the molecule is [2H]c1nc(C(Br)(C([2H])([2H])[2H])C([2H])([2H])[2H])c([2H])c([2H])c1[2H]. The van der Waals surface area contributed by atoms with Crippen molar-refractivity contribution < 1.29 is 13.7 Å². The smallest absolute Gasteiger partial charge is 0.0840 e. The van der Waals surface area contributed by atoms with E-state index in [1.807, 2.05) is 0 Å². The molecule has 0 radical (unpaired) electrons. The molecule has 0 N–H and O–H groups in total. The van der Waals surface area contributed by atoms with Crippen LogP contribution >= 0.6 is 15.9 Å². The molecule has 10 heavy (non-hydrogen) atoms. The van der Waals surface area contributed by atoms with Gasteiger partial charge in [-0.05, 0) is 25.8 Å². The molecule has 1 heterocycles. The molecule has 0 aliphatic rings. The second-order valence-corrected chi connectivity index (χ2v) is 2.80. The van der Waals surface area contributed by atoms with Crippen molar-refractivity contribution >= 4 is 15.9 Å². The van der Waals surface area contributed by atoms with E-state index in [1.54, 1.807) is 0 Å². The third kappa shape index (κ3) is 1.81. The molecule has 1 rings (SSSR count). The molecule has 1 aromatic rings. The van der Waals surface area contributed by atoms with E-state index in [9.17, 15) is 0 Å². The molecule has 0 saturated heterocycles. The van der Waals surface area contributed by atoms with Gasteiger partial charge in [-0.3, -0.25) is 4.98 Å². The van der Waals surface area contributed by atoms with Gasteiger partial charge in [-0.15, -0.1) is 0 Å². The van der Waals surface area contributed by atoms with Gasteiger partial charge in [0.25, 0.3) is 0 Å². The van der Waals surface area contributed by atoms with Crippen molar-refractivity contribution in [3.05, 3.63) is 30.0 Å². The Morgan fingerprint density at radius 3 is 3.20 bits per heavy atom.